The number of ether oxygens (including phenoxy) is 2. The molecule has 0 saturated carbocycles. The van der Waals surface area contributed by atoms with Gasteiger partial charge in [0.1, 0.15) is 18.0 Å². The van der Waals surface area contributed by atoms with Gasteiger partial charge in [-0.3, -0.25) is 19.3 Å². The molecule has 1 aliphatic rings. The average molecular weight is 447 g/mol. The van der Waals surface area contributed by atoms with Crippen molar-refractivity contribution in [2.45, 2.75) is 6.92 Å². The number of nitrogens with zero attached hydrogens (tertiary/aromatic N) is 1. The van der Waals surface area contributed by atoms with Crippen molar-refractivity contribution in [3.05, 3.63) is 57.5 Å². The van der Waals surface area contributed by atoms with Crippen LogP contribution in [0.3, 0.4) is 0 Å². The monoisotopic (exact) mass is 446 g/mol. The number of thioether (sulfide) groups is 1. The predicted molar refractivity (Wildman–Crippen MR) is 117 cm³/mol. The van der Waals surface area contributed by atoms with Gasteiger partial charge in [-0.1, -0.05) is 23.7 Å². The molecule has 1 saturated heterocycles. The highest BCUT2D eigenvalue weighted by Gasteiger charge is 2.36. The zero-order chi connectivity index (χ0) is 21.8. The summed E-state index contributed by atoms with van der Waals surface area (Å²) < 4.78 is 10.7. The Balaban J connectivity index is 1.79. The van der Waals surface area contributed by atoms with E-state index in [2.05, 4.69) is 5.32 Å². The number of amides is 3. The molecule has 3 amide bonds. The van der Waals surface area contributed by atoms with Gasteiger partial charge in [-0.15, -0.1) is 0 Å². The van der Waals surface area contributed by atoms with Gasteiger partial charge in [0.2, 0.25) is 5.91 Å². The SMILES string of the molecule is COc1ccc(/C=C2/SC(=O)N(CC(=O)Nc3ccccc3Cl)C2=O)c(OC)c1C. The van der Waals surface area contributed by atoms with Crippen LogP contribution in [-0.2, 0) is 9.59 Å². The summed E-state index contributed by atoms with van der Waals surface area (Å²) in [6, 6.07) is 10.2. The third-order valence-electron chi connectivity index (χ3n) is 4.42. The van der Waals surface area contributed by atoms with Gasteiger partial charge in [-0.25, -0.2) is 0 Å². The first-order valence-electron chi connectivity index (χ1n) is 8.87. The molecular weight excluding hydrogens is 428 g/mol. The Hall–Kier alpha value is -2.97. The van der Waals surface area contributed by atoms with Crippen molar-refractivity contribution >= 4 is 52.2 Å². The maximum Gasteiger partial charge on any atom is 0.294 e. The molecule has 0 bridgehead atoms. The zero-order valence-corrected chi connectivity index (χ0v) is 18.1. The molecule has 3 rings (SSSR count). The first-order chi connectivity index (χ1) is 14.3. The van der Waals surface area contributed by atoms with Crippen LogP contribution in [0.1, 0.15) is 11.1 Å². The number of nitrogens with one attached hydrogen (secondary N) is 1. The lowest BCUT2D eigenvalue weighted by Crippen LogP contribution is -2.36. The van der Waals surface area contributed by atoms with E-state index >= 15 is 0 Å². The molecule has 0 spiro atoms. The van der Waals surface area contributed by atoms with E-state index in [-0.39, 0.29) is 4.91 Å². The Kier molecular flexibility index (Phi) is 6.69. The van der Waals surface area contributed by atoms with Gasteiger partial charge in [0.05, 0.1) is 29.8 Å². The Morgan fingerprint density at radius 2 is 1.90 bits per heavy atom. The summed E-state index contributed by atoms with van der Waals surface area (Å²) in [6.45, 7) is 1.42. The van der Waals surface area contributed by atoms with Gasteiger partial charge < -0.3 is 14.8 Å². The number of methoxy groups -OCH3 is 2. The molecule has 30 heavy (non-hydrogen) atoms. The molecule has 1 fully saturated rings. The van der Waals surface area contributed by atoms with Gasteiger partial charge in [-0.05, 0) is 49.0 Å². The fraction of sp³-hybridized carbons (Fsp3) is 0.190. The van der Waals surface area contributed by atoms with Gasteiger partial charge >= 0.3 is 0 Å². The molecule has 0 radical (unpaired) electrons. The van der Waals surface area contributed by atoms with Crippen molar-refractivity contribution in [3.63, 3.8) is 0 Å². The van der Waals surface area contributed by atoms with Crippen LogP contribution in [0.25, 0.3) is 6.08 Å². The quantitative estimate of drug-likeness (QED) is 0.664. The summed E-state index contributed by atoms with van der Waals surface area (Å²) in [5.74, 6) is 0.116. The minimum atomic E-state index is -0.546. The summed E-state index contributed by atoms with van der Waals surface area (Å²) in [5, 5.41) is 2.44. The number of para-hydroxylation sites is 1. The van der Waals surface area contributed by atoms with Gasteiger partial charge in [-0.2, -0.15) is 0 Å². The summed E-state index contributed by atoms with van der Waals surface area (Å²) >= 11 is 6.79. The minimum absolute atomic E-state index is 0.202. The standard InChI is InChI=1S/C21H19ClN2O5S/c1-12-16(28-2)9-8-13(19(12)29-3)10-17-20(26)24(21(27)30-17)11-18(25)23-15-7-5-4-6-14(15)22/h4-10H,11H2,1-3H3,(H,23,25)/b17-10+. The number of imide groups is 1. The highest BCUT2D eigenvalue weighted by atomic mass is 35.5. The van der Waals surface area contributed by atoms with Gasteiger partial charge in [0.15, 0.2) is 0 Å². The molecule has 2 aromatic rings. The van der Waals surface area contributed by atoms with Crippen molar-refractivity contribution in [2.24, 2.45) is 0 Å². The second-order valence-corrected chi connectivity index (χ2v) is 7.71. The third-order valence-corrected chi connectivity index (χ3v) is 5.66. The summed E-state index contributed by atoms with van der Waals surface area (Å²) in [4.78, 5) is 38.5. The Bertz CT molecular complexity index is 1050. The van der Waals surface area contributed by atoms with Crippen molar-refractivity contribution in [2.75, 3.05) is 26.1 Å². The van der Waals surface area contributed by atoms with Crippen LogP contribution in [0, 0.1) is 6.92 Å². The van der Waals surface area contributed by atoms with E-state index in [1.54, 1.807) is 49.6 Å². The number of hydrogen-bond donors (Lipinski definition) is 1. The van der Waals surface area contributed by atoms with Crippen LogP contribution in [0.2, 0.25) is 5.02 Å². The molecule has 7 nitrogen and oxygen atoms in total. The summed E-state index contributed by atoms with van der Waals surface area (Å²) in [6.07, 6.45) is 1.57. The number of rotatable bonds is 6. The van der Waals surface area contributed by atoms with Crippen molar-refractivity contribution in [3.8, 4) is 11.5 Å². The van der Waals surface area contributed by atoms with Crippen LogP contribution in [0.4, 0.5) is 10.5 Å². The molecule has 1 aliphatic heterocycles. The Morgan fingerprint density at radius 1 is 1.17 bits per heavy atom. The first kappa shape index (κ1) is 21.7. The molecule has 0 aliphatic carbocycles. The van der Waals surface area contributed by atoms with Crippen LogP contribution in [0.5, 0.6) is 11.5 Å². The van der Waals surface area contributed by atoms with Crippen LogP contribution >= 0.6 is 23.4 Å². The van der Waals surface area contributed by atoms with Crippen LogP contribution in [-0.4, -0.2) is 42.7 Å². The van der Waals surface area contributed by atoms with E-state index in [1.807, 2.05) is 6.92 Å². The summed E-state index contributed by atoms with van der Waals surface area (Å²) in [7, 11) is 3.07. The van der Waals surface area contributed by atoms with Crippen LogP contribution in [0.15, 0.2) is 41.3 Å². The normalized spacial score (nSPS) is 14.9. The van der Waals surface area contributed by atoms with E-state index in [4.69, 9.17) is 21.1 Å². The van der Waals surface area contributed by atoms with Crippen molar-refractivity contribution < 1.29 is 23.9 Å². The molecule has 2 aromatic carbocycles. The Morgan fingerprint density at radius 3 is 2.57 bits per heavy atom. The number of benzene rings is 2. The number of hydrogen-bond acceptors (Lipinski definition) is 6. The second-order valence-electron chi connectivity index (χ2n) is 6.31. The number of halogens is 1. The molecular formula is C21H19ClN2O5S. The topological polar surface area (TPSA) is 84.9 Å². The third kappa shape index (κ3) is 4.44. The Labute approximate surface area is 183 Å². The van der Waals surface area contributed by atoms with Gasteiger partial charge in [0.25, 0.3) is 11.1 Å². The average Bonchev–Trinajstić information content (AvgIpc) is 2.97. The highest BCUT2D eigenvalue weighted by Crippen LogP contribution is 2.37. The lowest BCUT2D eigenvalue weighted by atomic mass is 10.1. The predicted octanol–water partition coefficient (Wildman–Crippen LogP) is 4.34. The zero-order valence-electron chi connectivity index (χ0n) is 16.5. The van der Waals surface area contributed by atoms with E-state index in [1.165, 1.54) is 7.11 Å². The molecule has 0 atom stereocenters. The number of anilines is 1. The largest absolute Gasteiger partial charge is 0.496 e. The number of carbonyl (C=O) groups excluding carboxylic acids is 3. The molecule has 0 unspecified atom stereocenters. The fourth-order valence-corrected chi connectivity index (χ4v) is 3.99. The lowest BCUT2D eigenvalue weighted by molar-refractivity contribution is -0.127. The number of carbonyl (C=O) groups is 3. The highest BCUT2D eigenvalue weighted by molar-refractivity contribution is 8.18. The molecule has 9 heteroatoms. The maximum atomic E-state index is 12.7. The minimum Gasteiger partial charge on any atom is -0.496 e. The van der Waals surface area contributed by atoms with Gasteiger partial charge in [0, 0.05) is 11.1 Å². The van der Waals surface area contributed by atoms with Crippen LogP contribution < -0.4 is 14.8 Å². The second kappa shape index (κ2) is 9.23. The molecule has 1 heterocycles. The smallest absolute Gasteiger partial charge is 0.294 e. The van der Waals surface area contributed by atoms with E-state index < -0.39 is 23.6 Å². The molecule has 1 N–H and O–H groups in total. The first-order valence-corrected chi connectivity index (χ1v) is 10.1. The van der Waals surface area contributed by atoms with E-state index in [9.17, 15) is 14.4 Å². The van der Waals surface area contributed by atoms with E-state index in [0.29, 0.717) is 27.8 Å². The molecule has 156 valence electrons. The van der Waals surface area contributed by atoms with E-state index in [0.717, 1.165) is 22.2 Å². The summed E-state index contributed by atoms with van der Waals surface area (Å²) in [5.41, 5.74) is 1.80. The van der Waals surface area contributed by atoms with Crippen molar-refractivity contribution in [1.82, 2.24) is 4.90 Å². The fourth-order valence-electron chi connectivity index (χ4n) is 2.97. The van der Waals surface area contributed by atoms with Crippen molar-refractivity contribution in [1.29, 1.82) is 0 Å². The maximum absolute atomic E-state index is 12.7. The molecule has 0 aromatic heterocycles. The lowest BCUT2D eigenvalue weighted by Gasteiger charge is -2.13.